The molecular formula is C7H14ClNO. The third-order valence-corrected chi connectivity index (χ3v) is 1.85. The molecule has 3 heteroatoms. The maximum Gasteiger partial charge on any atom is 0.0477 e. The van der Waals surface area contributed by atoms with E-state index in [1.165, 1.54) is 0 Å². The van der Waals surface area contributed by atoms with E-state index in [1.54, 1.807) is 0 Å². The van der Waals surface area contributed by atoms with Crippen LogP contribution in [0.5, 0.6) is 0 Å². The first-order valence-electron chi connectivity index (χ1n) is 3.36. The quantitative estimate of drug-likeness (QED) is 0.559. The minimum Gasteiger partial charge on any atom is -0.396 e. The van der Waals surface area contributed by atoms with Gasteiger partial charge < -0.3 is 10.8 Å². The zero-order valence-electron chi connectivity index (χ0n) is 5.86. The van der Waals surface area contributed by atoms with Crippen molar-refractivity contribution in [2.24, 2.45) is 11.7 Å². The summed E-state index contributed by atoms with van der Waals surface area (Å²) < 4.78 is 0. The van der Waals surface area contributed by atoms with Crippen LogP contribution < -0.4 is 5.73 Å². The number of aliphatic hydroxyl groups is 1. The van der Waals surface area contributed by atoms with E-state index in [2.05, 4.69) is 12.2 Å². The predicted octanol–water partition coefficient (Wildman–Crippen LogP) is 0.694. The Bertz CT molecular complexity index is 116. The molecule has 2 atom stereocenters. The topological polar surface area (TPSA) is 46.2 Å². The summed E-state index contributed by atoms with van der Waals surface area (Å²) in [5.74, 6) is 0.301. The molecule has 0 bridgehead atoms. The number of rotatable bonds is 1. The Labute approximate surface area is 67.5 Å². The van der Waals surface area contributed by atoms with Crippen molar-refractivity contribution in [1.82, 2.24) is 0 Å². The van der Waals surface area contributed by atoms with E-state index in [4.69, 9.17) is 10.8 Å². The molecular weight excluding hydrogens is 150 g/mol. The average Bonchev–Trinajstić information content (AvgIpc) is 1.89. The lowest BCUT2D eigenvalue weighted by Crippen LogP contribution is -2.33. The molecule has 1 rings (SSSR count). The summed E-state index contributed by atoms with van der Waals surface area (Å²) in [5, 5.41) is 8.75. The molecule has 0 amide bonds. The van der Waals surface area contributed by atoms with Gasteiger partial charge in [0.25, 0.3) is 0 Å². The minimum absolute atomic E-state index is 0. The maximum atomic E-state index is 8.75. The van der Waals surface area contributed by atoms with Crippen LogP contribution in [0.3, 0.4) is 0 Å². The number of aliphatic hydroxyl groups excluding tert-OH is 1. The third-order valence-electron chi connectivity index (χ3n) is 1.85. The molecule has 0 aliphatic heterocycles. The predicted molar refractivity (Wildman–Crippen MR) is 44.2 cm³/mol. The molecule has 0 heterocycles. The fraction of sp³-hybridized carbons (Fsp3) is 0.714. The summed E-state index contributed by atoms with van der Waals surface area (Å²) in [4.78, 5) is 0. The second-order valence-electron chi connectivity index (χ2n) is 2.55. The van der Waals surface area contributed by atoms with E-state index < -0.39 is 0 Å². The molecule has 1 aliphatic carbocycles. The Morgan fingerprint density at radius 3 is 2.40 bits per heavy atom. The summed E-state index contributed by atoms with van der Waals surface area (Å²) in [7, 11) is 0. The highest BCUT2D eigenvalue weighted by Crippen LogP contribution is 2.15. The molecule has 60 valence electrons. The van der Waals surface area contributed by atoms with Gasteiger partial charge in [-0.25, -0.2) is 0 Å². The van der Waals surface area contributed by atoms with Crippen molar-refractivity contribution in [3.05, 3.63) is 12.2 Å². The highest BCUT2D eigenvalue weighted by Gasteiger charge is 2.16. The smallest absolute Gasteiger partial charge is 0.0477 e. The van der Waals surface area contributed by atoms with Crippen LogP contribution in [0, 0.1) is 5.92 Å². The number of hydrogen-bond acceptors (Lipinski definition) is 2. The Balaban J connectivity index is 0.000000810. The Kier molecular flexibility index (Phi) is 4.69. The number of hydrogen-bond donors (Lipinski definition) is 2. The summed E-state index contributed by atoms with van der Waals surface area (Å²) >= 11 is 0. The molecule has 0 aromatic carbocycles. The monoisotopic (exact) mass is 163 g/mol. The van der Waals surface area contributed by atoms with E-state index in [-0.39, 0.29) is 25.1 Å². The largest absolute Gasteiger partial charge is 0.396 e. The molecule has 10 heavy (non-hydrogen) atoms. The summed E-state index contributed by atoms with van der Waals surface area (Å²) in [6, 6.07) is 0.181. The first-order chi connectivity index (χ1) is 4.34. The van der Waals surface area contributed by atoms with Crippen LogP contribution in [0.2, 0.25) is 0 Å². The lowest BCUT2D eigenvalue weighted by Gasteiger charge is -2.22. The lowest BCUT2D eigenvalue weighted by atomic mass is 9.91. The van der Waals surface area contributed by atoms with Crippen molar-refractivity contribution in [3.8, 4) is 0 Å². The Morgan fingerprint density at radius 2 is 2.00 bits per heavy atom. The van der Waals surface area contributed by atoms with Gasteiger partial charge in [-0.1, -0.05) is 12.2 Å². The Morgan fingerprint density at radius 1 is 1.40 bits per heavy atom. The fourth-order valence-electron chi connectivity index (χ4n) is 1.10. The maximum absolute atomic E-state index is 8.75. The van der Waals surface area contributed by atoms with Crippen molar-refractivity contribution in [2.75, 3.05) is 6.61 Å². The molecule has 0 unspecified atom stereocenters. The third kappa shape index (κ3) is 2.29. The number of halogens is 1. The van der Waals surface area contributed by atoms with Crippen LogP contribution in [-0.2, 0) is 0 Å². The van der Waals surface area contributed by atoms with Crippen LogP contribution in [-0.4, -0.2) is 17.8 Å². The van der Waals surface area contributed by atoms with E-state index in [9.17, 15) is 0 Å². The van der Waals surface area contributed by atoms with E-state index in [1.807, 2.05) is 0 Å². The van der Waals surface area contributed by atoms with Gasteiger partial charge >= 0.3 is 0 Å². The van der Waals surface area contributed by atoms with Crippen LogP contribution in [0.4, 0.5) is 0 Å². The molecule has 0 aromatic heterocycles. The van der Waals surface area contributed by atoms with Crippen LogP contribution >= 0.6 is 12.4 Å². The summed E-state index contributed by atoms with van der Waals surface area (Å²) in [6.07, 6.45) is 6.03. The normalized spacial score (nSPS) is 31.4. The SMILES string of the molecule is Cl.N[C@@H]1CC=CC[C@@H]1CO. The van der Waals surface area contributed by atoms with Gasteiger partial charge in [0.2, 0.25) is 0 Å². The first kappa shape index (κ1) is 9.95. The van der Waals surface area contributed by atoms with Gasteiger partial charge in [-0.2, -0.15) is 0 Å². The van der Waals surface area contributed by atoms with Gasteiger partial charge in [0.15, 0.2) is 0 Å². The second-order valence-corrected chi connectivity index (χ2v) is 2.55. The molecule has 0 fully saturated rings. The molecule has 0 saturated carbocycles. The molecule has 0 spiro atoms. The van der Waals surface area contributed by atoms with Crippen molar-refractivity contribution >= 4 is 12.4 Å². The number of nitrogens with two attached hydrogens (primary N) is 1. The van der Waals surface area contributed by atoms with E-state index >= 15 is 0 Å². The Hall–Kier alpha value is -0.0500. The fourth-order valence-corrected chi connectivity index (χ4v) is 1.10. The van der Waals surface area contributed by atoms with Crippen LogP contribution in [0.15, 0.2) is 12.2 Å². The minimum atomic E-state index is 0. The van der Waals surface area contributed by atoms with Crippen molar-refractivity contribution in [2.45, 2.75) is 18.9 Å². The van der Waals surface area contributed by atoms with Gasteiger partial charge in [-0.3, -0.25) is 0 Å². The van der Waals surface area contributed by atoms with Crippen LogP contribution in [0.1, 0.15) is 12.8 Å². The standard InChI is InChI=1S/C7H13NO.ClH/c8-7-4-2-1-3-6(7)5-9;/h1-2,6-7,9H,3-5,8H2;1H/t6-,7-;/m1./s1. The molecule has 1 aliphatic rings. The zero-order valence-corrected chi connectivity index (χ0v) is 6.68. The molecule has 3 N–H and O–H groups in total. The van der Waals surface area contributed by atoms with Gasteiger partial charge in [0.05, 0.1) is 0 Å². The zero-order chi connectivity index (χ0) is 6.69. The number of allylic oxidation sites excluding steroid dienone is 1. The summed E-state index contributed by atoms with van der Waals surface area (Å²) in [5.41, 5.74) is 5.68. The molecule has 0 saturated heterocycles. The first-order valence-corrected chi connectivity index (χ1v) is 3.36. The highest BCUT2D eigenvalue weighted by atomic mass is 35.5. The van der Waals surface area contributed by atoms with Crippen molar-refractivity contribution in [3.63, 3.8) is 0 Å². The average molecular weight is 164 g/mol. The lowest BCUT2D eigenvalue weighted by molar-refractivity contribution is 0.202. The molecule has 2 nitrogen and oxygen atoms in total. The summed E-state index contributed by atoms with van der Waals surface area (Å²) in [6.45, 7) is 0.228. The van der Waals surface area contributed by atoms with Crippen molar-refractivity contribution in [1.29, 1.82) is 0 Å². The van der Waals surface area contributed by atoms with E-state index in [0.29, 0.717) is 5.92 Å². The van der Waals surface area contributed by atoms with Gasteiger partial charge in [0, 0.05) is 18.6 Å². The van der Waals surface area contributed by atoms with Crippen molar-refractivity contribution < 1.29 is 5.11 Å². The van der Waals surface area contributed by atoms with Gasteiger partial charge in [-0.15, -0.1) is 12.4 Å². The second kappa shape index (κ2) is 4.72. The van der Waals surface area contributed by atoms with Gasteiger partial charge in [-0.05, 0) is 12.8 Å². The molecule has 0 aromatic rings. The highest BCUT2D eigenvalue weighted by molar-refractivity contribution is 5.85. The molecule has 0 radical (unpaired) electrons. The van der Waals surface area contributed by atoms with Gasteiger partial charge in [0.1, 0.15) is 0 Å². The van der Waals surface area contributed by atoms with Crippen LogP contribution in [0.25, 0.3) is 0 Å². The van der Waals surface area contributed by atoms with E-state index in [0.717, 1.165) is 12.8 Å².